The standard InChI is InChI=1S/C21H26N2O2/c1-17-8-7-10-19(14-17)25-16-21(24)22(2)15-18-9-3-4-11-20(18)23-12-5-6-13-23/h3-4,7-11,14H,5-6,12-13,15-16H2,1-2H3. The molecule has 3 rings (SSSR count). The summed E-state index contributed by atoms with van der Waals surface area (Å²) in [4.78, 5) is 16.6. The van der Waals surface area contributed by atoms with Gasteiger partial charge >= 0.3 is 0 Å². The van der Waals surface area contributed by atoms with Gasteiger partial charge in [-0.2, -0.15) is 0 Å². The molecule has 0 aliphatic carbocycles. The smallest absolute Gasteiger partial charge is 0.260 e. The first-order valence-corrected chi connectivity index (χ1v) is 8.90. The van der Waals surface area contributed by atoms with Gasteiger partial charge in [0, 0.05) is 32.4 Å². The Bertz CT molecular complexity index is 723. The van der Waals surface area contributed by atoms with Crippen molar-refractivity contribution < 1.29 is 9.53 Å². The second-order valence-electron chi connectivity index (χ2n) is 6.68. The minimum Gasteiger partial charge on any atom is -0.484 e. The Hall–Kier alpha value is -2.49. The molecule has 0 spiro atoms. The van der Waals surface area contributed by atoms with E-state index >= 15 is 0 Å². The first-order valence-electron chi connectivity index (χ1n) is 8.90. The zero-order valence-electron chi connectivity index (χ0n) is 15.1. The van der Waals surface area contributed by atoms with Gasteiger partial charge in [-0.25, -0.2) is 0 Å². The molecule has 1 amide bonds. The number of benzene rings is 2. The number of para-hydroxylation sites is 1. The third-order valence-corrected chi connectivity index (χ3v) is 4.62. The van der Waals surface area contributed by atoms with Crippen LogP contribution in [0, 0.1) is 6.92 Å². The fraction of sp³-hybridized carbons (Fsp3) is 0.381. The number of aryl methyl sites for hydroxylation is 1. The van der Waals surface area contributed by atoms with Crippen LogP contribution in [0.2, 0.25) is 0 Å². The maximum absolute atomic E-state index is 12.4. The molecule has 0 radical (unpaired) electrons. The topological polar surface area (TPSA) is 32.8 Å². The van der Waals surface area contributed by atoms with E-state index in [9.17, 15) is 4.79 Å². The van der Waals surface area contributed by atoms with E-state index in [-0.39, 0.29) is 12.5 Å². The number of rotatable bonds is 6. The Kier molecular flexibility index (Phi) is 5.59. The summed E-state index contributed by atoms with van der Waals surface area (Å²) in [7, 11) is 1.84. The van der Waals surface area contributed by atoms with Crippen LogP contribution >= 0.6 is 0 Å². The molecule has 0 unspecified atom stereocenters. The lowest BCUT2D eigenvalue weighted by Crippen LogP contribution is -2.31. The van der Waals surface area contributed by atoms with Gasteiger partial charge in [-0.3, -0.25) is 4.79 Å². The molecule has 1 fully saturated rings. The summed E-state index contributed by atoms with van der Waals surface area (Å²) in [6.07, 6.45) is 2.49. The lowest BCUT2D eigenvalue weighted by molar-refractivity contribution is -0.132. The molecule has 132 valence electrons. The lowest BCUT2D eigenvalue weighted by atomic mass is 10.1. The molecule has 0 bridgehead atoms. The molecule has 0 aromatic heterocycles. The summed E-state index contributed by atoms with van der Waals surface area (Å²) in [5.41, 5.74) is 3.56. The maximum Gasteiger partial charge on any atom is 0.260 e. The van der Waals surface area contributed by atoms with Gasteiger partial charge in [0.2, 0.25) is 0 Å². The molecule has 2 aromatic rings. The Labute approximate surface area is 150 Å². The van der Waals surface area contributed by atoms with Crippen molar-refractivity contribution in [3.63, 3.8) is 0 Å². The molecule has 0 saturated carbocycles. The number of hydrogen-bond donors (Lipinski definition) is 0. The molecule has 4 nitrogen and oxygen atoms in total. The number of hydrogen-bond acceptors (Lipinski definition) is 3. The largest absolute Gasteiger partial charge is 0.484 e. The van der Waals surface area contributed by atoms with E-state index in [0.29, 0.717) is 6.54 Å². The van der Waals surface area contributed by atoms with Gasteiger partial charge in [0.1, 0.15) is 5.75 Å². The van der Waals surface area contributed by atoms with E-state index in [4.69, 9.17) is 4.74 Å². The number of ether oxygens (including phenoxy) is 1. The van der Waals surface area contributed by atoms with Crippen LogP contribution in [0.5, 0.6) is 5.75 Å². The molecule has 25 heavy (non-hydrogen) atoms. The SMILES string of the molecule is Cc1cccc(OCC(=O)N(C)Cc2ccccc2N2CCCC2)c1. The fourth-order valence-electron chi connectivity index (χ4n) is 3.22. The van der Waals surface area contributed by atoms with Crippen molar-refractivity contribution in [2.75, 3.05) is 31.6 Å². The minimum atomic E-state index is -0.0160. The number of amides is 1. The van der Waals surface area contributed by atoms with Gasteiger partial charge in [-0.15, -0.1) is 0 Å². The average molecular weight is 338 g/mol. The summed E-state index contributed by atoms with van der Waals surface area (Å²) >= 11 is 0. The highest BCUT2D eigenvalue weighted by Gasteiger charge is 2.17. The van der Waals surface area contributed by atoms with Gasteiger partial charge < -0.3 is 14.5 Å². The fourth-order valence-corrected chi connectivity index (χ4v) is 3.22. The Morgan fingerprint density at radius 3 is 2.64 bits per heavy atom. The summed E-state index contributed by atoms with van der Waals surface area (Å²) in [5, 5.41) is 0. The van der Waals surface area contributed by atoms with Crippen LogP contribution in [-0.4, -0.2) is 37.6 Å². The van der Waals surface area contributed by atoms with Crippen LogP contribution in [0.1, 0.15) is 24.0 Å². The van der Waals surface area contributed by atoms with E-state index in [1.165, 1.54) is 24.1 Å². The van der Waals surface area contributed by atoms with Crippen LogP contribution in [0.4, 0.5) is 5.69 Å². The molecule has 0 N–H and O–H groups in total. The van der Waals surface area contributed by atoms with Crippen molar-refractivity contribution in [2.45, 2.75) is 26.3 Å². The number of carbonyl (C=O) groups excluding carboxylic acids is 1. The maximum atomic E-state index is 12.4. The molecule has 1 aliphatic rings. The summed E-state index contributed by atoms with van der Waals surface area (Å²) in [6, 6.07) is 16.1. The van der Waals surface area contributed by atoms with Gasteiger partial charge in [0.05, 0.1) is 0 Å². The molecule has 2 aromatic carbocycles. The zero-order chi connectivity index (χ0) is 17.6. The van der Waals surface area contributed by atoms with Crippen molar-refractivity contribution in [1.29, 1.82) is 0 Å². The predicted octanol–water partition coefficient (Wildman–Crippen LogP) is 3.63. The van der Waals surface area contributed by atoms with E-state index in [1.807, 2.05) is 44.3 Å². The molecule has 1 saturated heterocycles. The van der Waals surface area contributed by atoms with Crippen molar-refractivity contribution >= 4 is 11.6 Å². The van der Waals surface area contributed by atoms with Gasteiger partial charge in [-0.1, -0.05) is 30.3 Å². The monoisotopic (exact) mass is 338 g/mol. The minimum absolute atomic E-state index is 0.0160. The number of likely N-dealkylation sites (N-methyl/N-ethyl adjacent to an activating group) is 1. The van der Waals surface area contributed by atoms with E-state index in [1.54, 1.807) is 4.90 Å². The van der Waals surface area contributed by atoms with Crippen molar-refractivity contribution in [2.24, 2.45) is 0 Å². The van der Waals surface area contributed by atoms with Gasteiger partial charge in [0.25, 0.3) is 5.91 Å². The van der Waals surface area contributed by atoms with Crippen LogP contribution in [0.3, 0.4) is 0 Å². The molecule has 0 atom stereocenters. The second-order valence-corrected chi connectivity index (χ2v) is 6.68. The highest BCUT2D eigenvalue weighted by molar-refractivity contribution is 5.77. The van der Waals surface area contributed by atoms with Crippen molar-refractivity contribution in [1.82, 2.24) is 4.90 Å². The van der Waals surface area contributed by atoms with Crippen molar-refractivity contribution in [3.05, 3.63) is 59.7 Å². The lowest BCUT2D eigenvalue weighted by Gasteiger charge is -2.24. The van der Waals surface area contributed by atoms with Crippen LogP contribution in [-0.2, 0) is 11.3 Å². The molecule has 1 aliphatic heterocycles. The number of anilines is 1. The average Bonchev–Trinajstić information content (AvgIpc) is 3.14. The zero-order valence-corrected chi connectivity index (χ0v) is 15.1. The summed E-state index contributed by atoms with van der Waals surface area (Å²) in [5.74, 6) is 0.719. The molecular weight excluding hydrogens is 312 g/mol. The normalized spacial score (nSPS) is 13.8. The Morgan fingerprint density at radius 2 is 1.88 bits per heavy atom. The van der Waals surface area contributed by atoms with Crippen molar-refractivity contribution in [3.8, 4) is 5.75 Å². The third-order valence-electron chi connectivity index (χ3n) is 4.62. The first kappa shape index (κ1) is 17.3. The Morgan fingerprint density at radius 1 is 1.12 bits per heavy atom. The predicted molar refractivity (Wildman–Crippen MR) is 101 cm³/mol. The van der Waals surface area contributed by atoms with Crippen LogP contribution in [0.25, 0.3) is 0 Å². The molecular formula is C21H26N2O2. The summed E-state index contributed by atoms with van der Waals surface area (Å²) < 4.78 is 5.64. The Balaban J connectivity index is 1.60. The van der Waals surface area contributed by atoms with E-state index in [0.717, 1.165) is 24.4 Å². The number of carbonyl (C=O) groups is 1. The summed E-state index contributed by atoms with van der Waals surface area (Å²) in [6.45, 7) is 4.88. The number of nitrogens with zero attached hydrogens (tertiary/aromatic N) is 2. The van der Waals surface area contributed by atoms with Gasteiger partial charge in [0.15, 0.2) is 6.61 Å². The van der Waals surface area contributed by atoms with E-state index in [2.05, 4.69) is 23.1 Å². The van der Waals surface area contributed by atoms with E-state index < -0.39 is 0 Å². The molecule has 1 heterocycles. The van der Waals surface area contributed by atoms with Gasteiger partial charge in [-0.05, 0) is 49.1 Å². The molecule has 4 heteroatoms. The highest BCUT2D eigenvalue weighted by Crippen LogP contribution is 2.25. The van der Waals surface area contributed by atoms with Crippen LogP contribution < -0.4 is 9.64 Å². The quantitative estimate of drug-likeness (QED) is 0.806. The second kappa shape index (κ2) is 8.06. The highest BCUT2D eigenvalue weighted by atomic mass is 16.5. The van der Waals surface area contributed by atoms with Crippen LogP contribution in [0.15, 0.2) is 48.5 Å². The third kappa shape index (κ3) is 4.53. The first-order chi connectivity index (χ1) is 12.1.